The van der Waals surface area contributed by atoms with Crippen LogP contribution in [0.5, 0.6) is 0 Å². The van der Waals surface area contributed by atoms with Gasteiger partial charge in [-0.25, -0.2) is 0 Å². The molecule has 1 fully saturated rings. The summed E-state index contributed by atoms with van der Waals surface area (Å²) in [6.45, 7) is 9.68. The highest BCUT2D eigenvalue weighted by atomic mass is 16.5. The maximum absolute atomic E-state index is 11.5. The summed E-state index contributed by atoms with van der Waals surface area (Å²) in [6, 6.07) is 0. The van der Waals surface area contributed by atoms with Crippen molar-refractivity contribution in [3.05, 3.63) is 0 Å². The zero-order chi connectivity index (χ0) is 12.1. The lowest BCUT2D eigenvalue weighted by Crippen LogP contribution is -2.28. The zero-order valence-corrected chi connectivity index (χ0v) is 11.0. The first-order valence-corrected chi connectivity index (χ1v) is 6.42. The van der Waals surface area contributed by atoms with Crippen LogP contribution in [-0.2, 0) is 9.53 Å². The molecule has 1 saturated heterocycles. The maximum Gasteiger partial charge on any atom is 0.310 e. The van der Waals surface area contributed by atoms with Gasteiger partial charge >= 0.3 is 5.97 Å². The Morgan fingerprint density at radius 2 is 2.00 bits per heavy atom. The van der Waals surface area contributed by atoms with Crippen molar-refractivity contribution in [3.8, 4) is 0 Å². The maximum atomic E-state index is 11.5. The Labute approximate surface area is 99.1 Å². The molecule has 3 heteroatoms. The zero-order valence-electron chi connectivity index (χ0n) is 11.0. The molecular weight excluding hydrogens is 202 g/mol. The first-order valence-electron chi connectivity index (χ1n) is 6.42. The Morgan fingerprint density at radius 3 is 2.50 bits per heavy atom. The molecule has 0 radical (unpaired) electrons. The van der Waals surface area contributed by atoms with Crippen molar-refractivity contribution in [1.29, 1.82) is 0 Å². The number of hydrogen-bond acceptors (Lipinski definition) is 3. The number of carbonyl (C=O) groups is 1. The van der Waals surface area contributed by atoms with Crippen LogP contribution >= 0.6 is 0 Å². The molecule has 16 heavy (non-hydrogen) atoms. The van der Waals surface area contributed by atoms with E-state index in [4.69, 9.17) is 4.74 Å². The number of rotatable bonds is 5. The minimum absolute atomic E-state index is 0.0421. The van der Waals surface area contributed by atoms with E-state index >= 15 is 0 Å². The van der Waals surface area contributed by atoms with Crippen LogP contribution in [-0.4, -0.2) is 37.6 Å². The van der Waals surface area contributed by atoms with Crippen LogP contribution in [0.2, 0.25) is 0 Å². The number of ether oxygens (including phenoxy) is 1. The highest BCUT2D eigenvalue weighted by molar-refractivity contribution is 5.73. The molecule has 94 valence electrons. The SMILES string of the molecule is CCC(CC)CN1CC(C)C(C(=O)OC)C1. The third kappa shape index (κ3) is 3.21. The number of esters is 1. The van der Waals surface area contributed by atoms with Gasteiger partial charge in [-0.3, -0.25) is 4.79 Å². The fraction of sp³-hybridized carbons (Fsp3) is 0.923. The van der Waals surface area contributed by atoms with E-state index in [0.717, 1.165) is 25.6 Å². The topological polar surface area (TPSA) is 29.5 Å². The van der Waals surface area contributed by atoms with Gasteiger partial charge in [0.1, 0.15) is 0 Å². The average molecular weight is 227 g/mol. The van der Waals surface area contributed by atoms with Crippen molar-refractivity contribution in [2.45, 2.75) is 33.6 Å². The predicted octanol–water partition coefficient (Wildman–Crippen LogP) is 2.16. The molecule has 0 N–H and O–H groups in total. The summed E-state index contributed by atoms with van der Waals surface area (Å²) in [7, 11) is 1.48. The molecule has 1 aliphatic heterocycles. The molecule has 0 saturated carbocycles. The van der Waals surface area contributed by atoms with Crippen LogP contribution < -0.4 is 0 Å². The third-order valence-electron chi connectivity index (χ3n) is 3.86. The molecule has 0 aromatic rings. The third-order valence-corrected chi connectivity index (χ3v) is 3.86. The van der Waals surface area contributed by atoms with E-state index in [-0.39, 0.29) is 11.9 Å². The predicted molar refractivity (Wildman–Crippen MR) is 65.2 cm³/mol. The molecule has 0 amide bonds. The highest BCUT2D eigenvalue weighted by Gasteiger charge is 2.35. The van der Waals surface area contributed by atoms with Crippen LogP contribution in [0, 0.1) is 17.8 Å². The largest absolute Gasteiger partial charge is 0.469 e. The molecule has 2 unspecified atom stereocenters. The van der Waals surface area contributed by atoms with E-state index in [0.29, 0.717) is 5.92 Å². The average Bonchev–Trinajstić information content (AvgIpc) is 2.66. The Hall–Kier alpha value is -0.570. The molecule has 0 aliphatic carbocycles. The Morgan fingerprint density at radius 1 is 1.38 bits per heavy atom. The normalized spacial score (nSPS) is 26.3. The fourth-order valence-electron chi connectivity index (χ4n) is 2.59. The molecule has 1 heterocycles. The Bertz CT molecular complexity index is 226. The summed E-state index contributed by atoms with van der Waals surface area (Å²) in [6.07, 6.45) is 2.45. The summed E-state index contributed by atoms with van der Waals surface area (Å²) in [5, 5.41) is 0. The van der Waals surface area contributed by atoms with Crippen LogP contribution in [0.4, 0.5) is 0 Å². The van der Waals surface area contributed by atoms with E-state index in [9.17, 15) is 4.79 Å². The molecule has 0 bridgehead atoms. The minimum atomic E-state index is -0.0421. The molecular formula is C13H25NO2. The van der Waals surface area contributed by atoms with Crippen molar-refractivity contribution in [2.75, 3.05) is 26.7 Å². The van der Waals surface area contributed by atoms with Crippen molar-refractivity contribution in [1.82, 2.24) is 4.90 Å². The van der Waals surface area contributed by atoms with Crippen LogP contribution in [0.1, 0.15) is 33.6 Å². The molecule has 1 aliphatic rings. The molecule has 3 nitrogen and oxygen atoms in total. The van der Waals surface area contributed by atoms with Gasteiger partial charge in [0.25, 0.3) is 0 Å². The quantitative estimate of drug-likeness (QED) is 0.674. The van der Waals surface area contributed by atoms with Gasteiger partial charge in [-0.1, -0.05) is 33.6 Å². The number of carbonyl (C=O) groups excluding carboxylic acids is 1. The van der Waals surface area contributed by atoms with Gasteiger partial charge in [0.05, 0.1) is 13.0 Å². The second kappa shape index (κ2) is 6.24. The van der Waals surface area contributed by atoms with E-state index in [1.165, 1.54) is 20.0 Å². The van der Waals surface area contributed by atoms with Gasteiger partial charge in [0, 0.05) is 19.6 Å². The minimum Gasteiger partial charge on any atom is -0.469 e. The van der Waals surface area contributed by atoms with Crippen LogP contribution in [0.3, 0.4) is 0 Å². The molecule has 0 aromatic carbocycles. The molecule has 0 aromatic heterocycles. The molecule has 1 rings (SSSR count). The van der Waals surface area contributed by atoms with E-state index in [1.54, 1.807) is 0 Å². The summed E-state index contributed by atoms with van der Waals surface area (Å²) in [4.78, 5) is 14.0. The van der Waals surface area contributed by atoms with Gasteiger partial charge in [0.15, 0.2) is 0 Å². The molecule has 2 atom stereocenters. The summed E-state index contributed by atoms with van der Waals surface area (Å²) in [5.41, 5.74) is 0. The Balaban J connectivity index is 2.46. The first-order chi connectivity index (χ1) is 7.62. The van der Waals surface area contributed by atoms with Crippen molar-refractivity contribution in [2.24, 2.45) is 17.8 Å². The standard InChI is InChI=1S/C13H25NO2/c1-5-11(6-2)8-14-7-10(3)12(9-14)13(15)16-4/h10-12H,5-9H2,1-4H3. The number of nitrogens with zero attached hydrogens (tertiary/aromatic N) is 1. The summed E-state index contributed by atoms with van der Waals surface area (Å²) < 4.78 is 4.84. The summed E-state index contributed by atoms with van der Waals surface area (Å²) in [5.74, 6) is 1.24. The van der Waals surface area contributed by atoms with Gasteiger partial charge in [-0.05, 0) is 11.8 Å². The first kappa shape index (κ1) is 13.5. The lowest BCUT2D eigenvalue weighted by atomic mass is 9.99. The van der Waals surface area contributed by atoms with Gasteiger partial charge < -0.3 is 9.64 Å². The van der Waals surface area contributed by atoms with Gasteiger partial charge in [-0.2, -0.15) is 0 Å². The van der Waals surface area contributed by atoms with E-state index < -0.39 is 0 Å². The van der Waals surface area contributed by atoms with Crippen molar-refractivity contribution < 1.29 is 9.53 Å². The lowest BCUT2D eigenvalue weighted by molar-refractivity contribution is -0.146. The monoisotopic (exact) mass is 227 g/mol. The van der Waals surface area contributed by atoms with Crippen molar-refractivity contribution >= 4 is 5.97 Å². The van der Waals surface area contributed by atoms with E-state index in [2.05, 4.69) is 25.7 Å². The number of hydrogen-bond donors (Lipinski definition) is 0. The summed E-state index contributed by atoms with van der Waals surface area (Å²) >= 11 is 0. The molecule has 0 spiro atoms. The Kier molecular flexibility index (Phi) is 5.26. The number of methoxy groups -OCH3 is 1. The second-order valence-electron chi connectivity index (χ2n) is 5.01. The van der Waals surface area contributed by atoms with Crippen LogP contribution in [0.25, 0.3) is 0 Å². The fourth-order valence-corrected chi connectivity index (χ4v) is 2.59. The number of likely N-dealkylation sites (tertiary alicyclic amines) is 1. The lowest BCUT2D eigenvalue weighted by Gasteiger charge is -2.21. The van der Waals surface area contributed by atoms with Gasteiger partial charge in [-0.15, -0.1) is 0 Å². The highest BCUT2D eigenvalue weighted by Crippen LogP contribution is 2.25. The van der Waals surface area contributed by atoms with E-state index in [1.807, 2.05) is 0 Å². The van der Waals surface area contributed by atoms with Crippen LogP contribution in [0.15, 0.2) is 0 Å². The smallest absolute Gasteiger partial charge is 0.310 e. The van der Waals surface area contributed by atoms with Gasteiger partial charge in [0.2, 0.25) is 0 Å². The van der Waals surface area contributed by atoms with Crippen molar-refractivity contribution in [3.63, 3.8) is 0 Å². The second-order valence-corrected chi connectivity index (χ2v) is 5.01.